The van der Waals surface area contributed by atoms with Crippen molar-refractivity contribution >= 4 is 18.6 Å². The van der Waals surface area contributed by atoms with Crippen molar-refractivity contribution in [2.24, 2.45) is 0 Å². The van der Waals surface area contributed by atoms with Crippen LogP contribution in [-0.4, -0.2) is 34.3 Å². The van der Waals surface area contributed by atoms with Gasteiger partial charge in [-0.2, -0.15) is 0 Å². The van der Waals surface area contributed by atoms with Gasteiger partial charge in [0.15, 0.2) is 0 Å². The Morgan fingerprint density at radius 2 is 2.26 bits per heavy atom. The summed E-state index contributed by atoms with van der Waals surface area (Å²) in [5, 5.41) is 4.99. The average Bonchev–Trinajstić information content (AvgIpc) is 2.90. The van der Waals surface area contributed by atoms with Crippen LogP contribution >= 0.6 is 0 Å². The molecule has 122 valence electrons. The molecule has 2 aromatic heterocycles. The van der Waals surface area contributed by atoms with Crippen LogP contribution in [0.3, 0.4) is 0 Å². The van der Waals surface area contributed by atoms with Gasteiger partial charge in [-0.25, -0.2) is 9.97 Å². The molecule has 6 heteroatoms. The maximum atomic E-state index is 5.85. The normalized spacial score (nSPS) is 16.7. The second kappa shape index (κ2) is 6.83. The molecule has 3 heterocycles. The van der Waals surface area contributed by atoms with Crippen molar-refractivity contribution in [2.75, 3.05) is 25.5 Å². The number of nitrogens with one attached hydrogen (secondary N) is 1. The fourth-order valence-corrected chi connectivity index (χ4v) is 2.93. The van der Waals surface area contributed by atoms with Gasteiger partial charge in [-0.05, 0) is 31.9 Å². The van der Waals surface area contributed by atoms with Crippen molar-refractivity contribution in [1.82, 2.24) is 19.9 Å². The molecule has 0 aromatic carbocycles. The molecule has 3 N–H and O–H groups in total. The second-order valence-corrected chi connectivity index (χ2v) is 5.65. The van der Waals surface area contributed by atoms with E-state index in [4.69, 9.17) is 15.5 Å². The molecule has 0 atom stereocenters. The molecule has 1 fully saturated rings. The van der Waals surface area contributed by atoms with Crippen LogP contribution in [0.15, 0.2) is 18.3 Å². The lowest BCUT2D eigenvalue weighted by molar-refractivity contribution is 0.0693. The topological polar surface area (TPSA) is 78.0 Å². The van der Waals surface area contributed by atoms with Crippen molar-refractivity contribution in [1.29, 1.82) is 0 Å². The molecule has 1 aliphatic heterocycles. The highest BCUT2D eigenvalue weighted by molar-refractivity contribution is 5.59. The minimum Gasteiger partial charge on any atom is -0.389 e. The number of nitrogens with zero attached hydrogens (tertiary/aromatic N) is 3. The Bertz CT molecular complexity index is 777. The molecule has 0 aliphatic carbocycles. The molecule has 6 nitrogen and oxygen atoms in total. The van der Waals surface area contributed by atoms with E-state index in [2.05, 4.69) is 28.4 Å². The van der Waals surface area contributed by atoms with Gasteiger partial charge < -0.3 is 20.4 Å². The van der Waals surface area contributed by atoms with Crippen LogP contribution in [0.5, 0.6) is 0 Å². The third-order valence-corrected chi connectivity index (χ3v) is 4.08. The monoisotopic (exact) mass is 313 g/mol. The number of hydrogen-bond acceptors (Lipinski definition) is 5. The summed E-state index contributed by atoms with van der Waals surface area (Å²) in [6.07, 6.45) is 5.57. The first kappa shape index (κ1) is 15.6. The molecule has 3 rings (SSSR count). The molecule has 2 aromatic rings. The second-order valence-electron chi connectivity index (χ2n) is 5.65. The van der Waals surface area contributed by atoms with E-state index in [0.29, 0.717) is 11.9 Å². The van der Waals surface area contributed by atoms with E-state index >= 15 is 0 Å². The molecule has 0 bridgehead atoms. The molecular weight excluding hydrogens is 290 g/mol. The Kier molecular flexibility index (Phi) is 4.62. The first-order chi connectivity index (χ1) is 11.2. The highest BCUT2D eigenvalue weighted by Gasteiger charge is 2.21. The van der Waals surface area contributed by atoms with Crippen molar-refractivity contribution in [3.05, 3.63) is 29.0 Å². The van der Waals surface area contributed by atoms with E-state index < -0.39 is 0 Å². The fraction of sp³-hybridized carbons (Fsp3) is 0.412. The van der Waals surface area contributed by atoms with Gasteiger partial charge in [0.1, 0.15) is 17.0 Å². The molecule has 0 spiro atoms. The van der Waals surface area contributed by atoms with Crippen molar-refractivity contribution in [3.8, 4) is 11.4 Å². The molecule has 0 amide bonds. The van der Waals surface area contributed by atoms with E-state index in [0.717, 1.165) is 54.7 Å². The zero-order chi connectivity index (χ0) is 16.2. The van der Waals surface area contributed by atoms with E-state index in [-0.39, 0.29) is 0 Å². The Morgan fingerprint density at radius 3 is 2.96 bits per heavy atom. The van der Waals surface area contributed by atoms with Crippen LogP contribution in [0.25, 0.3) is 24.2 Å². The van der Waals surface area contributed by atoms with Gasteiger partial charge in [-0.3, -0.25) is 0 Å². The molecule has 0 unspecified atom stereocenters. The molecular formula is C17H23N5O. The third kappa shape index (κ3) is 3.22. The summed E-state index contributed by atoms with van der Waals surface area (Å²) in [5.41, 5.74) is 6.81. The Balaban J connectivity index is 2.14. The van der Waals surface area contributed by atoms with Crippen molar-refractivity contribution in [2.45, 2.75) is 25.8 Å². The average molecular weight is 313 g/mol. The number of pyridine rings is 1. The van der Waals surface area contributed by atoms with Crippen molar-refractivity contribution in [3.63, 3.8) is 0 Å². The van der Waals surface area contributed by atoms with Gasteiger partial charge in [-0.15, -0.1) is 0 Å². The van der Waals surface area contributed by atoms with Gasteiger partial charge >= 0.3 is 0 Å². The molecule has 0 saturated carbocycles. The number of anilines is 1. The van der Waals surface area contributed by atoms with E-state index in [1.807, 2.05) is 18.3 Å². The lowest BCUT2D eigenvalue weighted by atomic mass is 10.1. The van der Waals surface area contributed by atoms with Crippen molar-refractivity contribution < 1.29 is 4.74 Å². The zero-order valence-corrected chi connectivity index (χ0v) is 13.5. The van der Waals surface area contributed by atoms with Gasteiger partial charge in [0, 0.05) is 43.8 Å². The lowest BCUT2D eigenvalue weighted by Crippen LogP contribution is -2.34. The van der Waals surface area contributed by atoms with E-state index in [1.165, 1.54) is 0 Å². The minimum absolute atomic E-state index is 0.344. The van der Waals surface area contributed by atoms with E-state index in [9.17, 15) is 0 Å². The molecule has 1 saturated heterocycles. The zero-order valence-electron chi connectivity index (χ0n) is 13.5. The summed E-state index contributed by atoms with van der Waals surface area (Å²) >= 11 is 0. The maximum absolute atomic E-state index is 5.85. The van der Waals surface area contributed by atoms with Crippen LogP contribution in [0, 0.1) is 0 Å². The quantitative estimate of drug-likeness (QED) is 0.866. The lowest BCUT2D eigenvalue weighted by Gasteiger charge is -2.25. The van der Waals surface area contributed by atoms with Crippen LogP contribution in [0.1, 0.15) is 25.8 Å². The highest BCUT2D eigenvalue weighted by Crippen LogP contribution is 2.25. The predicted octanol–water partition coefficient (Wildman–Crippen LogP) is 0.637. The Morgan fingerprint density at radius 1 is 1.48 bits per heavy atom. The van der Waals surface area contributed by atoms with Gasteiger partial charge in [-0.1, -0.05) is 6.58 Å². The number of imidazole rings is 1. The first-order valence-corrected chi connectivity index (χ1v) is 8.01. The van der Waals surface area contributed by atoms with Crippen LogP contribution in [-0.2, 0) is 4.74 Å². The van der Waals surface area contributed by atoms with Crippen LogP contribution in [0.4, 0.5) is 5.82 Å². The largest absolute Gasteiger partial charge is 0.389 e. The number of aromatic nitrogens is 3. The van der Waals surface area contributed by atoms with Gasteiger partial charge in [0.05, 0.1) is 5.35 Å². The summed E-state index contributed by atoms with van der Waals surface area (Å²) < 4.78 is 7.72. The number of nitrogens with two attached hydrogens (primary N) is 1. The minimum atomic E-state index is 0.344. The maximum Gasteiger partial charge on any atom is 0.141 e. The smallest absolute Gasteiger partial charge is 0.141 e. The Labute approximate surface area is 135 Å². The summed E-state index contributed by atoms with van der Waals surface area (Å²) in [7, 11) is 0. The predicted molar refractivity (Wildman–Crippen MR) is 91.9 cm³/mol. The number of hydrogen-bond donors (Lipinski definition) is 2. The van der Waals surface area contributed by atoms with E-state index in [1.54, 1.807) is 6.20 Å². The van der Waals surface area contributed by atoms with Crippen LogP contribution in [0.2, 0.25) is 0 Å². The highest BCUT2D eigenvalue weighted by atomic mass is 16.5. The van der Waals surface area contributed by atoms with Gasteiger partial charge in [0.2, 0.25) is 0 Å². The molecule has 23 heavy (non-hydrogen) atoms. The third-order valence-electron chi connectivity index (χ3n) is 4.08. The number of ether oxygens (including phenoxy) is 1. The summed E-state index contributed by atoms with van der Waals surface area (Å²) in [6.45, 7) is 8.70. The fourth-order valence-electron chi connectivity index (χ4n) is 2.93. The van der Waals surface area contributed by atoms with Crippen LogP contribution < -0.4 is 21.7 Å². The molecule has 1 aliphatic rings. The first-order valence-electron chi connectivity index (χ1n) is 8.01. The molecule has 0 radical (unpaired) electrons. The Hall–Kier alpha value is -2.34. The number of rotatable bonds is 4. The summed E-state index contributed by atoms with van der Waals surface area (Å²) in [5.74, 6) is 1.38. The SMILES string of the molecule is C=c1/c(=C\NCC)nc(-c2ccnc(N)c2)n1C1CCOCC1. The number of nitrogen functional groups attached to an aromatic ring is 1. The van der Waals surface area contributed by atoms with Gasteiger partial charge in [0.25, 0.3) is 0 Å². The standard InChI is InChI=1S/C17H23N5O/c1-3-19-11-15-12(2)22(14-5-8-23-9-6-14)17(21-15)13-4-7-20-16(18)10-13/h4,7,10-11,14,19H,2-3,5-6,8-9H2,1H3,(H2,18,20)/b15-11+. The summed E-state index contributed by atoms with van der Waals surface area (Å²) in [6, 6.07) is 4.14. The summed E-state index contributed by atoms with van der Waals surface area (Å²) in [4.78, 5) is 8.86.